The number of benzene rings is 1. The minimum atomic E-state index is -4.62. The molecule has 0 saturated carbocycles. The number of nitrogens with one attached hydrogen (secondary N) is 2. The van der Waals surface area contributed by atoms with Crippen LogP contribution in [-0.4, -0.2) is 42.0 Å². The lowest BCUT2D eigenvalue weighted by Gasteiger charge is -2.22. The molecule has 6 nitrogen and oxygen atoms in total. The molecule has 0 aromatic heterocycles. The van der Waals surface area contributed by atoms with Crippen molar-refractivity contribution in [3.63, 3.8) is 0 Å². The predicted molar refractivity (Wildman–Crippen MR) is 73.1 cm³/mol. The van der Waals surface area contributed by atoms with Crippen LogP contribution in [0.2, 0.25) is 0 Å². The smallest absolute Gasteiger partial charge is 0.345 e. The van der Waals surface area contributed by atoms with Gasteiger partial charge in [-0.25, -0.2) is 9.18 Å². The lowest BCUT2D eigenvalue weighted by molar-refractivity contribution is -0.141. The van der Waals surface area contributed by atoms with Crippen LogP contribution in [0.25, 0.3) is 0 Å². The van der Waals surface area contributed by atoms with Crippen LogP contribution in [0.15, 0.2) is 24.3 Å². The van der Waals surface area contributed by atoms with Gasteiger partial charge in [-0.15, -0.1) is 0 Å². The fourth-order valence-corrected chi connectivity index (χ4v) is 2.29. The molecule has 10 heteroatoms. The molecule has 4 amide bonds. The summed E-state index contributed by atoms with van der Waals surface area (Å²) >= 11 is 0. The molecule has 1 aliphatic rings. The van der Waals surface area contributed by atoms with Crippen molar-refractivity contribution in [3.8, 4) is 0 Å². The predicted octanol–water partition coefficient (Wildman–Crippen LogP) is 1.27. The van der Waals surface area contributed by atoms with Gasteiger partial charge in [-0.05, 0) is 13.0 Å². The molecule has 1 aromatic carbocycles. The number of hydrogen-bond donors (Lipinski definition) is 2. The Balaban J connectivity index is 2.15. The van der Waals surface area contributed by atoms with Crippen LogP contribution in [0.4, 0.5) is 22.4 Å². The summed E-state index contributed by atoms with van der Waals surface area (Å²) in [6, 6.07) is 4.25. The summed E-state index contributed by atoms with van der Waals surface area (Å²) in [7, 11) is 0. The van der Waals surface area contributed by atoms with E-state index < -0.39 is 48.5 Å². The van der Waals surface area contributed by atoms with Crippen LogP contribution in [0.3, 0.4) is 0 Å². The first-order valence-electron chi connectivity index (χ1n) is 6.77. The van der Waals surface area contributed by atoms with Crippen LogP contribution < -0.4 is 10.6 Å². The minimum Gasteiger partial charge on any atom is -0.345 e. The molecule has 24 heavy (non-hydrogen) atoms. The number of halogens is 4. The molecule has 0 unspecified atom stereocenters. The fraction of sp³-hybridized carbons (Fsp3) is 0.357. The molecule has 0 bridgehead atoms. The molecule has 1 fully saturated rings. The van der Waals surface area contributed by atoms with E-state index in [9.17, 15) is 31.9 Å². The molecule has 1 atom stereocenters. The number of nitrogens with zero attached hydrogens (tertiary/aromatic N) is 1. The molecule has 0 aliphatic carbocycles. The van der Waals surface area contributed by atoms with E-state index in [0.717, 1.165) is 6.07 Å². The van der Waals surface area contributed by atoms with Crippen molar-refractivity contribution >= 4 is 17.8 Å². The number of alkyl halides is 3. The van der Waals surface area contributed by atoms with Crippen molar-refractivity contribution in [3.05, 3.63) is 35.6 Å². The van der Waals surface area contributed by atoms with E-state index in [2.05, 4.69) is 5.32 Å². The Hall–Kier alpha value is -2.65. The van der Waals surface area contributed by atoms with Gasteiger partial charge in [0.25, 0.3) is 5.91 Å². The quantitative estimate of drug-likeness (QED) is 0.636. The molecule has 1 aliphatic heterocycles. The number of urea groups is 1. The molecule has 1 heterocycles. The highest BCUT2D eigenvalue weighted by Crippen LogP contribution is 2.30. The van der Waals surface area contributed by atoms with E-state index in [1.54, 1.807) is 5.32 Å². The van der Waals surface area contributed by atoms with Crippen molar-refractivity contribution in [1.29, 1.82) is 0 Å². The van der Waals surface area contributed by atoms with E-state index in [4.69, 9.17) is 0 Å². The van der Waals surface area contributed by atoms with Gasteiger partial charge in [-0.2, -0.15) is 13.2 Å². The maximum atomic E-state index is 13.9. The second kappa shape index (κ2) is 6.10. The summed E-state index contributed by atoms with van der Waals surface area (Å²) < 4.78 is 50.1. The number of imide groups is 1. The van der Waals surface area contributed by atoms with Gasteiger partial charge < -0.3 is 10.6 Å². The number of rotatable bonds is 4. The van der Waals surface area contributed by atoms with Gasteiger partial charge in [0, 0.05) is 5.56 Å². The molecular formula is C14H13F4N3O3. The maximum absolute atomic E-state index is 13.9. The maximum Gasteiger partial charge on any atom is 0.405 e. The van der Waals surface area contributed by atoms with Gasteiger partial charge in [-0.1, -0.05) is 18.2 Å². The van der Waals surface area contributed by atoms with Crippen LogP contribution >= 0.6 is 0 Å². The van der Waals surface area contributed by atoms with E-state index in [1.165, 1.54) is 25.1 Å². The Morgan fingerprint density at radius 2 is 1.92 bits per heavy atom. The lowest BCUT2D eigenvalue weighted by atomic mass is 9.91. The van der Waals surface area contributed by atoms with E-state index in [1.807, 2.05) is 0 Å². The highest BCUT2D eigenvalue weighted by Gasteiger charge is 2.50. The second-order valence-corrected chi connectivity index (χ2v) is 5.32. The largest absolute Gasteiger partial charge is 0.405 e. The number of carbonyl (C=O) groups is 3. The average molecular weight is 347 g/mol. The fourth-order valence-electron chi connectivity index (χ4n) is 2.29. The standard InChI is InChI=1S/C14H13F4N3O3/c1-13(8-4-2-3-5-9(8)15)11(23)21(12(24)20-13)6-10(22)19-7-14(16,17)18/h2-5H,6-7H2,1H3,(H,19,22)(H,20,24)/t13-/m1/s1. The summed E-state index contributed by atoms with van der Waals surface area (Å²) in [5.74, 6) is -2.83. The third kappa shape index (κ3) is 3.47. The first-order valence-corrected chi connectivity index (χ1v) is 6.77. The SMILES string of the molecule is C[C@]1(c2ccccc2F)NC(=O)N(CC(=O)NCC(F)(F)F)C1=O. The Bertz CT molecular complexity index is 692. The Morgan fingerprint density at radius 3 is 2.50 bits per heavy atom. The van der Waals surface area contributed by atoms with Gasteiger partial charge in [0.05, 0.1) is 0 Å². The monoisotopic (exact) mass is 347 g/mol. The summed E-state index contributed by atoms with van der Waals surface area (Å²) in [6.07, 6.45) is -4.62. The Morgan fingerprint density at radius 1 is 1.29 bits per heavy atom. The van der Waals surface area contributed by atoms with Crippen molar-refractivity contribution in [1.82, 2.24) is 15.5 Å². The third-order valence-electron chi connectivity index (χ3n) is 3.48. The van der Waals surface area contributed by atoms with Crippen LogP contribution in [0, 0.1) is 5.82 Å². The van der Waals surface area contributed by atoms with Gasteiger partial charge in [0.1, 0.15) is 24.4 Å². The Kier molecular flexibility index (Phi) is 4.50. The van der Waals surface area contributed by atoms with E-state index in [-0.39, 0.29) is 5.56 Å². The van der Waals surface area contributed by atoms with Gasteiger partial charge in [0.2, 0.25) is 5.91 Å². The summed E-state index contributed by atoms with van der Waals surface area (Å²) in [4.78, 5) is 36.2. The van der Waals surface area contributed by atoms with Crippen LogP contribution in [-0.2, 0) is 15.1 Å². The minimum absolute atomic E-state index is 0.110. The molecule has 1 aromatic rings. The van der Waals surface area contributed by atoms with Gasteiger partial charge in [-0.3, -0.25) is 14.5 Å². The van der Waals surface area contributed by atoms with Gasteiger partial charge >= 0.3 is 12.2 Å². The van der Waals surface area contributed by atoms with E-state index >= 15 is 0 Å². The topological polar surface area (TPSA) is 78.5 Å². The van der Waals surface area contributed by atoms with Crippen molar-refractivity contribution in [2.75, 3.05) is 13.1 Å². The number of hydrogen-bond acceptors (Lipinski definition) is 3. The number of amides is 4. The molecule has 130 valence electrons. The highest BCUT2D eigenvalue weighted by atomic mass is 19.4. The second-order valence-electron chi connectivity index (χ2n) is 5.32. The average Bonchev–Trinajstić information content (AvgIpc) is 2.69. The van der Waals surface area contributed by atoms with Gasteiger partial charge in [0.15, 0.2) is 0 Å². The molecule has 2 N–H and O–H groups in total. The van der Waals surface area contributed by atoms with Crippen LogP contribution in [0.1, 0.15) is 12.5 Å². The normalized spacial score (nSPS) is 21.0. The first-order chi connectivity index (χ1) is 11.0. The van der Waals surface area contributed by atoms with Crippen molar-refractivity contribution < 1.29 is 31.9 Å². The summed E-state index contributed by atoms with van der Waals surface area (Å²) in [5.41, 5.74) is -1.85. The molecule has 0 spiro atoms. The molecule has 2 rings (SSSR count). The van der Waals surface area contributed by atoms with Crippen LogP contribution in [0.5, 0.6) is 0 Å². The molecular weight excluding hydrogens is 334 g/mol. The summed E-state index contributed by atoms with van der Waals surface area (Å²) in [5, 5.41) is 3.82. The zero-order valence-electron chi connectivity index (χ0n) is 12.4. The third-order valence-corrected chi connectivity index (χ3v) is 3.48. The summed E-state index contributed by atoms with van der Waals surface area (Å²) in [6.45, 7) is -1.23. The number of carbonyl (C=O) groups excluding carboxylic acids is 3. The zero-order valence-corrected chi connectivity index (χ0v) is 12.4. The molecule has 1 saturated heterocycles. The molecule has 0 radical (unpaired) electrons. The van der Waals surface area contributed by atoms with Crippen molar-refractivity contribution in [2.45, 2.75) is 18.6 Å². The zero-order chi connectivity index (χ0) is 18.1. The van der Waals surface area contributed by atoms with Crippen molar-refractivity contribution in [2.24, 2.45) is 0 Å². The Labute approximate surface area is 133 Å². The lowest BCUT2D eigenvalue weighted by Crippen LogP contribution is -2.45. The first kappa shape index (κ1) is 17.7. The highest BCUT2D eigenvalue weighted by molar-refractivity contribution is 6.09. The van der Waals surface area contributed by atoms with E-state index in [0.29, 0.717) is 4.90 Å².